The topological polar surface area (TPSA) is 39.8 Å². The van der Waals surface area contributed by atoms with Gasteiger partial charge in [0.2, 0.25) is 0 Å². The van der Waals surface area contributed by atoms with Crippen LogP contribution in [0.4, 0.5) is 0 Å². The Morgan fingerprint density at radius 1 is 1.26 bits per heavy atom. The Morgan fingerprint density at radius 2 is 2.05 bits per heavy atom. The third kappa shape index (κ3) is 2.09. The monoisotopic (exact) mass is 259 g/mol. The number of pyridine rings is 1. The second-order valence-electron chi connectivity index (χ2n) is 5.46. The molecule has 2 aromatic rings. The van der Waals surface area contributed by atoms with Gasteiger partial charge in [-0.3, -0.25) is 14.1 Å². The Hall–Kier alpha value is -1.58. The number of aromatic nitrogens is 3. The highest BCUT2D eigenvalue weighted by atomic mass is 16.1. The van der Waals surface area contributed by atoms with Crippen molar-refractivity contribution >= 4 is 11.0 Å². The van der Waals surface area contributed by atoms with E-state index in [2.05, 4.69) is 11.9 Å². The van der Waals surface area contributed by atoms with Gasteiger partial charge in [-0.25, -0.2) is 4.79 Å². The first-order chi connectivity index (χ1) is 9.33. The molecule has 0 N–H and O–H groups in total. The van der Waals surface area contributed by atoms with E-state index in [1.54, 1.807) is 6.20 Å². The first kappa shape index (κ1) is 12.5. The lowest BCUT2D eigenvalue weighted by atomic mass is 9.95. The van der Waals surface area contributed by atoms with Gasteiger partial charge in [-0.1, -0.05) is 26.2 Å². The van der Waals surface area contributed by atoms with E-state index in [1.165, 1.54) is 19.3 Å². The fraction of sp³-hybridized carbons (Fsp3) is 0.600. The molecule has 0 atom stereocenters. The van der Waals surface area contributed by atoms with E-state index in [0.717, 1.165) is 36.8 Å². The molecule has 0 unspecified atom stereocenters. The van der Waals surface area contributed by atoms with Crippen LogP contribution in [0.5, 0.6) is 0 Å². The fourth-order valence-corrected chi connectivity index (χ4v) is 3.26. The maximum absolute atomic E-state index is 12.7. The van der Waals surface area contributed by atoms with Crippen molar-refractivity contribution in [2.45, 2.75) is 58.0 Å². The first-order valence-corrected chi connectivity index (χ1v) is 7.37. The second-order valence-corrected chi connectivity index (χ2v) is 5.46. The summed E-state index contributed by atoms with van der Waals surface area (Å²) < 4.78 is 3.91. The summed E-state index contributed by atoms with van der Waals surface area (Å²) in [6.45, 7) is 2.90. The molecule has 1 fully saturated rings. The molecule has 1 saturated carbocycles. The Balaban J connectivity index is 2.17. The zero-order valence-corrected chi connectivity index (χ0v) is 11.5. The number of nitrogens with zero attached hydrogens (tertiary/aromatic N) is 3. The molecule has 0 spiro atoms. The van der Waals surface area contributed by atoms with Gasteiger partial charge < -0.3 is 0 Å². The molecular formula is C15H21N3O. The van der Waals surface area contributed by atoms with Crippen LogP contribution in [0.3, 0.4) is 0 Å². The molecule has 4 heteroatoms. The molecule has 4 nitrogen and oxygen atoms in total. The molecule has 102 valence electrons. The summed E-state index contributed by atoms with van der Waals surface area (Å²) >= 11 is 0. The van der Waals surface area contributed by atoms with Crippen molar-refractivity contribution in [1.29, 1.82) is 0 Å². The molecule has 0 saturated heterocycles. The van der Waals surface area contributed by atoms with Gasteiger partial charge in [0.25, 0.3) is 0 Å². The van der Waals surface area contributed by atoms with Gasteiger partial charge >= 0.3 is 5.69 Å². The molecule has 0 aliphatic heterocycles. The fourth-order valence-electron chi connectivity index (χ4n) is 3.26. The largest absolute Gasteiger partial charge is 0.329 e. The van der Waals surface area contributed by atoms with Crippen LogP contribution in [0.1, 0.15) is 51.5 Å². The van der Waals surface area contributed by atoms with Crippen molar-refractivity contribution < 1.29 is 0 Å². The van der Waals surface area contributed by atoms with Crippen molar-refractivity contribution in [3.63, 3.8) is 0 Å². The maximum Gasteiger partial charge on any atom is 0.329 e. The minimum absolute atomic E-state index is 0.150. The summed E-state index contributed by atoms with van der Waals surface area (Å²) in [5.41, 5.74) is 2.19. The van der Waals surface area contributed by atoms with E-state index in [-0.39, 0.29) is 5.69 Å². The molecule has 2 heterocycles. The molecule has 3 rings (SSSR count). The first-order valence-electron chi connectivity index (χ1n) is 7.37. The van der Waals surface area contributed by atoms with Gasteiger partial charge in [0.05, 0.1) is 17.2 Å². The molecule has 0 bridgehead atoms. The molecule has 19 heavy (non-hydrogen) atoms. The van der Waals surface area contributed by atoms with E-state index in [4.69, 9.17) is 0 Å². The summed E-state index contributed by atoms with van der Waals surface area (Å²) in [5.74, 6) is 0. The molecule has 0 amide bonds. The predicted molar refractivity (Wildman–Crippen MR) is 76.4 cm³/mol. The summed E-state index contributed by atoms with van der Waals surface area (Å²) in [7, 11) is 0. The van der Waals surface area contributed by atoms with Crippen LogP contribution in [0, 0.1) is 0 Å². The molecular weight excluding hydrogens is 238 g/mol. The normalized spacial score (nSPS) is 17.1. The smallest absolute Gasteiger partial charge is 0.292 e. The predicted octanol–water partition coefficient (Wildman–Crippen LogP) is 3.11. The number of aryl methyl sites for hydroxylation is 1. The maximum atomic E-state index is 12.7. The standard InChI is InChI=1S/C15H21N3O/c1-2-10-17-13-8-9-16-11-14(13)18(15(17)19)12-6-4-3-5-7-12/h8-9,11-12H,2-7,10H2,1H3. The van der Waals surface area contributed by atoms with E-state index in [9.17, 15) is 4.79 Å². The third-order valence-corrected chi connectivity index (χ3v) is 4.15. The highest BCUT2D eigenvalue weighted by Gasteiger charge is 2.21. The van der Waals surface area contributed by atoms with Crippen LogP contribution in [0.25, 0.3) is 11.0 Å². The van der Waals surface area contributed by atoms with Crippen molar-refractivity contribution in [3.8, 4) is 0 Å². The van der Waals surface area contributed by atoms with Crippen LogP contribution in [-0.2, 0) is 6.54 Å². The summed E-state index contributed by atoms with van der Waals surface area (Å²) in [5, 5.41) is 0. The number of hydrogen-bond donors (Lipinski definition) is 0. The van der Waals surface area contributed by atoms with Gasteiger partial charge in [0, 0.05) is 18.8 Å². The Kier molecular flexibility index (Phi) is 3.40. The number of fused-ring (bicyclic) bond motifs is 1. The molecule has 2 aromatic heterocycles. The number of imidazole rings is 1. The van der Waals surface area contributed by atoms with Crippen molar-refractivity contribution in [2.75, 3.05) is 0 Å². The molecule has 0 radical (unpaired) electrons. The van der Waals surface area contributed by atoms with E-state index < -0.39 is 0 Å². The Morgan fingerprint density at radius 3 is 2.79 bits per heavy atom. The van der Waals surface area contributed by atoms with Gasteiger partial charge in [0.1, 0.15) is 0 Å². The third-order valence-electron chi connectivity index (χ3n) is 4.15. The van der Waals surface area contributed by atoms with Crippen LogP contribution in [-0.4, -0.2) is 14.1 Å². The minimum Gasteiger partial charge on any atom is -0.292 e. The minimum atomic E-state index is 0.150. The quantitative estimate of drug-likeness (QED) is 0.849. The van der Waals surface area contributed by atoms with E-state index >= 15 is 0 Å². The van der Waals surface area contributed by atoms with Crippen molar-refractivity contribution in [1.82, 2.24) is 14.1 Å². The lowest BCUT2D eigenvalue weighted by Gasteiger charge is -2.22. The van der Waals surface area contributed by atoms with Crippen molar-refractivity contribution in [3.05, 3.63) is 28.9 Å². The van der Waals surface area contributed by atoms with Gasteiger partial charge in [-0.05, 0) is 25.3 Å². The molecule has 0 aromatic carbocycles. The van der Waals surface area contributed by atoms with Gasteiger partial charge in [0.15, 0.2) is 0 Å². The van der Waals surface area contributed by atoms with Crippen molar-refractivity contribution in [2.24, 2.45) is 0 Å². The van der Waals surface area contributed by atoms with Crippen LogP contribution >= 0.6 is 0 Å². The SMILES string of the molecule is CCCn1c(=O)n(C2CCCCC2)c2cnccc21. The lowest BCUT2D eigenvalue weighted by Crippen LogP contribution is -2.28. The van der Waals surface area contributed by atoms with E-state index in [1.807, 2.05) is 21.4 Å². The highest BCUT2D eigenvalue weighted by Crippen LogP contribution is 2.29. The summed E-state index contributed by atoms with van der Waals surface area (Å²) in [4.78, 5) is 16.9. The Bertz CT molecular complexity index is 620. The average molecular weight is 259 g/mol. The number of hydrogen-bond acceptors (Lipinski definition) is 2. The number of rotatable bonds is 3. The van der Waals surface area contributed by atoms with E-state index in [0.29, 0.717) is 6.04 Å². The lowest BCUT2D eigenvalue weighted by molar-refractivity contribution is 0.350. The molecule has 1 aliphatic carbocycles. The zero-order valence-electron chi connectivity index (χ0n) is 11.5. The van der Waals surface area contributed by atoms with Crippen LogP contribution < -0.4 is 5.69 Å². The zero-order chi connectivity index (χ0) is 13.2. The second kappa shape index (κ2) is 5.19. The average Bonchev–Trinajstić information content (AvgIpc) is 2.73. The van der Waals surface area contributed by atoms with Crippen LogP contribution in [0.15, 0.2) is 23.3 Å². The Labute approximate surface area is 113 Å². The van der Waals surface area contributed by atoms with Gasteiger partial charge in [-0.2, -0.15) is 0 Å². The van der Waals surface area contributed by atoms with Crippen LogP contribution in [0.2, 0.25) is 0 Å². The summed E-state index contributed by atoms with van der Waals surface area (Å²) in [6.07, 6.45) is 10.6. The molecule has 1 aliphatic rings. The highest BCUT2D eigenvalue weighted by molar-refractivity contribution is 5.74. The summed E-state index contributed by atoms with van der Waals surface area (Å²) in [6, 6.07) is 2.33. The van der Waals surface area contributed by atoms with Gasteiger partial charge in [-0.15, -0.1) is 0 Å².